The molecular formula is C31H26N2O7. The van der Waals surface area contributed by atoms with Crippen LogP contribution in [-0.2, 0) is 19.2 Å². The van der Waals surface area contributed by atoms with E-state index < -0.39 is 34.5 Å². The number of phenols is 1. The van der Waals surface area contributed by atoms with Crippen molar-refractivity contribution in [2.75, 3.05) is 4.90 Å². The van der Waals surface area contributed by atoms with Crippen molar-refractivity contribution in [2.24, 2.45) is 17.8 Å². The van der Waals surface area contributed by atoms with Crippen molar-refractivity contribution in [3.05, 3.63) is 97.6 Å². The Morgan fingerprint density at radius 2 is 1.60 bits per heavy atom. The summed E-state index contributed by atoms with van der Waals surface area (Å²) in [5, 5.41) is 21.5. The van der Waals surface area contributed by atoms with Crippen LogP contribution in [0.1, 0.15) is 42.4 Å². The molecule has 2 amide bonds. The number of nitro benzene ring substituents is 1. The molecule has 1 aliphatic heterocycles. The number of Topliss-reactive ketones (excluding diaryl/α,β-unsaturated/α-hetero) is 1. The van der Waals surface area contributed by atoms with Crippen molar-refractivity contribution in [2.45, 2.75) is 39.5 Å². The summed E-state index contributed by atoms with van der Waals surface area (Å²) < 4.78 is 0. The van der Waals surface area contributed by atoms with Crippen molar-refractivity contribution in [1.29, 1.82) is 0 Å². The number of aryl methyl sites for hydroxylation is 2. The Labute approximate surface area is 229 Å². The minimum Gasteiger partial charge on any atom is -0.507 e. The van der Waals surface area contributed by atoms with Gasteiger partial charge in [-0.05, 0) is 74.4 Å². The lowest BCUT2D eigenvalue weighted by Gasteiger charge is -2.42. The van der Waals surface area contributed by atoms with E-state index >= 15 is 0 Å². The number of hydrogen-bond acceptors (Lipinski definition) is 7. The Hall–Kier alpha value is -4.66. The fraction of sp³-hybridized carbons (Fsp3) is 0.290. The quantitative estimate of drug-likeness (QED) is 0.199. The molecule has 0 saturated carbocycles. The third-order valence-corrected chi connectivity index (χ3v) is 8.73. The highest BCUT2D eigenvalue weighted by Crippen LogP contribution is 2.55. The fourth-order valence-electron chi connectivity index (χ4n) is 6.90. The summed E-state index contributed by atoms with van der Waals surface area (Å²) in [7, 11) is 0. The second-order valence-electron chi connectivity index (χ2n) is 11.0. The molecule has 2 aromatic carbocycles. The molecule has 1 fully saturated rings. The molecule has 3 aliphatic carbocycles. The Bertz CT molecular complexity index is 1640. The molecule has 1 saturated heterocycles. The molecule has 2 aromatic rings. The zero-order valence-corrected chi connectivity index (χ0v) is 22.1. The van der Waals surface area contributed by atoms with Crippen LogP contribution in [0.3, 0.4) is 0 Å². The third-order valence-electron chi connectivity index (χ3n) is 8.73. The minimum absolute atomic E-state index is 0.151. The zero-order chi connectivity index (χ0) is 28.6. The van der Waals surface area contributed by atoms with Gasteiger partial charge in [0.25, 0.3) is 5.69 Å². The lowest BCUT2D eigenvalue weighted by Crippen LogP contribution is -2.39. The lowest BCUT2D eigenvalue weighted by molar-refractivity contribution is -0.384. The van der Waals surface area contributed by atoms with Gasteiger partial charge in [-0.1, -0.05) is 23.8 Å². The second kappa shape index (κ2) is 8.94. The molecule has 40 heavy (non-hydrogen) atoms. The highest BCUT2D eigenvalue weighted by molar-refractivity contribution is 6.25. The highest BCUT2D eigenvalue weighted by Gasteiger charge is 2.56. The van der Waals surface area contributed by atoms with Crippen LogP contribution in [0.15, 0.2) is 70.8 Å². The predicted molar refractivity (Wildman–Crippen MR) is 144 cm³/mol. The summed E-state index contributed by atoms with van der Waals surface area (Å²) in [5.41, 5.74) is 4.04. The molecular weight excluding hydrogens is 512 g/mol. The van der Waals surface area contributed by atoms with E-state index in [0.29, 0.717) is 27.8 Å². The number of anilines is 1. The van der Waals surface area contributed by atoms with Crippen LogP contribution >= 0.6 is 0 Å². The van der Waals surface area contributed by atoms with E-state index in [4.69, 9.17) is 0 Å². The number of non-ortho nitro benzene ring substituents is 1. The molecule has 0 spiro atoms. The minimum atomic E-state index is -0.743. The smallest absolute Gasteiger partial charge is 0.269 e. The first kappa shape index (κ1) is 25.6. The first-order valence-corrected chi connectivity index (χ1v) is 13.1. The van der Waals surface area contributed by atoms with Gasteiger partial charge >= 0.3 is 0 Å². The number of carbonyl (C=O) groups is 4. The number of benzene rings is 2. The largest absolute Gasteiger partial charge is 0.507 e. The maximum absolute atomic E-state index is 13.9. The van der Waals surface area contributed by atoms with Crippen LogP contribution < -0.4 is 4.90 Å². The first-order chi connectivity index (χ1) is 19.0. The molecule has 0 aromatic heterocycles. The topological polar surface area (TPSA) is 135 Å². The van der Waals surface area contributed by atoms with Gasteiger partial charge in [0.05, 0.1) is 22.4 Å². The number of nitrogens with zero attached hydrogens (tertiary/aromatic N) is 2. The van der Waals surface area contributed by atoms with Crippen molar-refractivity contribution in [3.63, 3.8) is 0 Å². The fourth-order valence-corrected chi connectivity index (χ4v) is 6.90. The van der Waals surface area contributed by atoms with Crippen molar-refractivity contribution in [3.8, 4) is 5.75 Å². The van der Waals surface area contributed by atoms with Gasteiger partial charge in [0.1, 0.15) is 5.75 Å². The number of rotatable bonds is 3. The Morgan fingerprint density at radius 3 is 2.23 bits per heavy atom. The Morgan fingerprint density at radius 1 is 0.950 bits per heavy atom. The summed E-state index contributed by atoms with van der Waals surface area (Å²) in [6.45, 7) is 5.14. The summed E-state index contributed by atoms with van der Waals surface area (Å²) in [6, 6.07) is 8.91. The van der Waals surface area contributed by atoms with E-state index in [-0.39, 0.29) is 47.4 Å². The van der Waals surface area contributed by atoms with Crippen LogP contribution in [0.2, 0.25) is 0 Å². The van der Waals surface area contributed by atoms with E-state index in [1.807, 2.05) is 6.08 Å². The Kier molecular flexibility index (Phi) is 5.72. The van der Waals surface area contributed by atoms with Crippen LogP contribution in [0.25, 0.3) is 0 Å². The van der Waals surface area contributed by atoms with Gasteiger partial charge in [-0.25, -0.2) is 0 Å². The average Bonchev–Trinajstić information content (AvgIpc) is 3.18. The van der Waals surface area contributed by atoms with Crippen LogP contribution in [0.4, 0.5) is 11.4 Å². The molecule has 4 unspecified atom stereocenters. The molecule has 0 bridgehead atoms. The highest BCUT2D eigenvalue weighted by atomic mass is 16.6. The van der Waals surface area contributed by atoms with Gasteiger partial charge in [0, 0.05) is 34.8 Å². The van der Waals surface area contributed by atoms with Gasteiger partial charge < -0.3 is 5.11 Å². The number of fused-ring (bicyclic) bond motifs is 3. The van der Waals surface area contributed by atoms with Crippen LogP contribution in [0, 0.1) is 41.7 Å². The number of hydrogen-bond donors (Lipinski definition) is 1. The van der Waals surface area contributed by atoms with E-state index in [1.54, 1.807) is 32.9 Å². The summed E-state index contributed by atoms with van der Waals surface area (Å²) >= 11 is 0. The molecule has 4 aliphatic rings. The molecule has 4 atom stereocenters. The number of allylic oxidation sites excluding steroid dienone is 6. The Balaban J connectivity index is 1.47. The maximum Gasteiger partial charge on any atom is 0.269 e. The van der Waals surface area contributed by atoms with Gasteiger partial charge in [0.15, 0.2) is 11.6 Å². The monoisotopic (exact) mass is 538 g/mol. The van der Waals surface area contributed by atoms with Gasteiger partial charge in [-0.2, -0.15) is 0 Å². The number of aromatic hydroxyl groups is 1. The second-order valence-corrected chi connectivity index (χ2v) is 11.0. The number of amides is 2. The third kappa shape index (κ3) is 3.61. The van der Waals surface area contributed by atoms with Gasteiger partial charge in [0.2, 0.25) is 11.8 Å². The van der Waals surface area contributed by atoms with E-state index in [0.717, 1.165) is 16.0 Å². The van der Waals surface area contributed by atoms with Crippen LogP contribution in [0.5, 0.6) is 5.75 Å². The normalized spacial score (nSPS) is 25.8. The van der Waals surface area contributed by atoms with E-state index in [9.17, 15) is 34.4 Å². The zero-order valence-electron chi connectivity index (χ0n) is 22.1. The number of phenolic OH excluding ortho intramolecular Hbond substituents is 1. The molecule has 202 valence electrons. The van der Waals surface area contributed by atoms with Gasteiger partial charge in [-0.3, -0.25) is 34.2 Å². The molecule has 6 rings (SSSR count). The number of nitro groups is 1. The maximum atomic E-state index is 13.9. The summed E-state index contributed by atoms with van der Waals surface area (Å²) in [4.78, 5) is 65.9. The standard InChI is InChI=1S/C31H26N2O7/c1-14-10-17(11-15(2)28(14)35)25-20-8-9-21-26(22(20)13-23-27(25)24(34)12-16(3)29(23)36)31(38)32(30(21)37)18-4-6-19(7-5-18)33(39)40/h4-8,10-12,21-22,25-26,35H,9,13H2,1-3H3. The number of imide groups is 1. The molecule has 1 N–H and O–H groups in total. The number of ketones is 2. The molecule has 1 heterocycles. The molecule has 0 radical (unpaired) electrons. The van der Waals surface area contributed by atoms with Crippen molar-refractivity contribution < 1.29 is 29.2 Å². The first-order valence-electron chi connectivity index (χ1n) is 13.1. The SMILES string of the molecule is CC1=CC(=O)C2=C(CC3C(=CCC4C(=O)N(c5ccc([N+](=O)[O-])cc5)C(=O)C43)C2c2cc(C)c(O)c(C)c2)C1=O. The van der Waals surface area contributed by atoms with Crippen molar-refractivity contribution in [1.82, 2.24) is 0 Å². The number of carbonyl (C=O) groups excluding carboxylic acids is 4. The molecule has 9 nitrogen and oxygen atoms in total. The van der Waals surface area contributed by atoms with Crippen molar-refractivity contribution >= 4 is 34.8 Å². The van der Waals surface area contributed by atoms with Crippen LogP contribution in [-0.4, -0.2) is 33.4 Å². The predicted octanol–water partition coefficient (Wildman–Crippen LogP) is 4.55. The van der Waals surface area contributed by atoms with E-state index in [1.165, 1.54) is 30.3 Å². The summed E-state index contributed by atoms with van der Waals surface area (Å²) in [5.74, 6) is -3.60. The van der Waals surface area contributed by atoms with E-state index in [2.05, 4.69) is 0 Å². The van der Waals surface area contributed by atoms with Gasteiger partial charge in [-0.15, -0.1) is 0 Å². The summed E-state index contributed by atoms with van der Waals surface area (Å²) in [6.07, 6.45) is 3.75. The molecule has 9 heteroatoms. The average molecular weight is 539 g/mol. The lowest BCUT2D eigenvalue weighted by atomic mass is 9.59.